The normalized spacial score (nSPS) is 18.0. The molecule has 1 aliphatic rings. The molecule has 1 aromatic heterocycles. The molecule has 5 amide bonds. The Bertz CT molecular complexity index is 1170. The first kappa shape index (κ1) is 38.1. The number of aliphatic hydroxyl groups excluding tert-OH is 4. The maximum Gasteiger partial charge on any atom is 0.245 e. The van der Waals surface area contributed by atoms with Gasteiger partial charge in [-0.15, -0.1) is 0 Å². The molecule has 1 saturated heterocycles. The molecule has 0 aliphatic carbocycles. The molecule has 0 saturated carbocycles. The Morgan fingerprint density at radius 1 is 1.07 bits per heavy atom. The molecule has 0 aromatic carbocycles. The van der Waals surface area contributed by atoms with Crippen LogP contribution in [-0.4, -0.2) is 140 Å². The van der Waals surface area contributed by atoms with E-state index in [1.807, 2.05) is 13.8 Å². The average molecular weight is 655 g/mol. The first-order valence-corrected chi connectivity index (χ1v) is 15.0. The lowest BCUT2D eigenvalue weighted by atomic mass is 10.0. The topological polar surface area (TPSA) is 268 Å². The Labute approximate surface area is 266 Å². The molecule has 0 spiro atoms. The summed E-state index contributed by atoms with van der Waals surface area (Å²) in [5.74, 6) is -2.91. The largest absolute Gasteiger partial charge is 0.394 e. The van der Waals surface area contributed by atoms with E-state index in [9.17, 15) is 39.3 Å². The third kappa shape index (κ3) is 12.3. The number of amides is 5. The van der Waals surface area contributed by atoms with Gasteiger partial charge < -0.3 is 56.4 Å². The molecule has 2 heterocycles. The van der Waals surface area contributed by atoms with Crippen molar-refractivity contribution in [3.8, 4) is 0 Å². The summed E-state index contributed by atoms with van der Waals surface area (Å²) < 4.78 is 0. The lowest BCUT2D eigenvalue weighted by Gasteiger charge is -2.28. The SMILES string of the molecule is CC(=O)N1CCC[C@H]1C(=O)N[C@@H](CC(C)C)C(=O)N[C@@H](Cc1cnc[nH]1)C(=O)N[C@@H](CO)C(=O)NCCO/N=C/C(O)C(O)CO. The van der Waals surface area contributed by atoms with Gasteiger partial charge in [-0.2, -0.15) is 0 Å². The second-order valence-electron chi connectivity index (χ2n) is 11.3. The van der Waals surface area contributed by atoms with Gasteiger partial charge in [0.05, 0.1) is 32.3 Å². The maximum absolute atomic E-state index is 13.5. The number of hydrogen-bond acceptors (Lipinski definition) is 12. The molecular formula is C28H46N8O10. The fourth-order valence-electron chi connectivity index (χ4n) is 4.66. The predicted molar refractivity (Wildman–Crippen MR) is 162 cm³/mol. The van der Waals surface area contributed by atoms with Crippen LogP contribution in [0.2, 0.25) is 0 Å². The Hall–Kier alpha value is -4.13. The Balaban J connectivity index is 2.05. The number of likely N-dealkylation sites (tertiary alicyclic amines) is 1. The molecule has 0 radical (unpaired) electrons. The smallest absolute Gasteiger partial charge is 0.245 e. The van der Waals surface area contributed by atoms with Gasteiger partial charge >= 0.3 is 0 Å². The number of hydrogen-bond donors (Lipinski definition) is 9. The number of aromatic nitrogens is 2. The number of aliphatic hydroxyl groups is 4. The quantitative estimate of drug-likeness (QED) is 0.0398. The van der Waals surface area contributed by atoms with Gasteiger partial charge in [0.2, 0.25) is 29.5 Å². The number of nitrogens with one attached hydrogen (secondary N) is 5. The molecule has 1 aliphatic heterocycles. The number of H-pyrrole nitrogens is 1. The van der Waals surface area contributed by atoms with Gasteiger partial charge in [-0.1, -0.05) is 19.0 Å². The van der Waals surface area contributed by atoms with Gasteiger partial charge in [0.1, 0.15) is 43.0 Å². The molecule has 18 heteroatoms. The van der Waals surface area contributed by atoms with Crippen LogP contribution in [0.3, 0.4) is 0 Å². The van der Waals surface area contributed by atoms with Crippen molar-refractivity contribution < 1.29 is 49.2 Å². The summed E-state index contributed by atoms with van der Waals surface area (Å²) >= 11 is 0. The van der Waals surface area contributed by atoms with E-state index in [0.29, 0.717) is 25.1 Å². The minimum Gasteiger partial charge on any atom is -0.394 e. The lowest BCUT2D eigenvalue weighted by molar-refractivity contribution is -0.138. The van der Waals surface area contributed by atoms with Crippen molar-refractivity contribution in [3.63, 3.8) is 0 Å². The van der Waals surface area contributed by atoms with Crippen molar-refractivity contribution in [2.75, 3.05) is 32.9 Å². The molecule has 18 nitrogen and oxygen atoms in total. The van der Waals surface area contributed by atoms with Gasteiger partial charge in [-0.05, 0) is 25.2 Å². The van der Waals surface area contributed by atoms with Crippen LogP contribution in [-0.2, 0) is 35.2 Å². The summed E-state index contributed by atoms with van der Waals surface area (Å²) in [5.41, 5.74) is 0.493. The summed E-state index contributed by atoms with van der Waals surface area (Å²) in [7, 11) is 0. The Kier molecular flexibility index (Phi) is 16.0. The van der Waals surface area contributed by atoms with Crippen molar-refractivity contribution in [1.29, 1.82) is 0 Å². The molecule has 6 atom stereocenters. The number of carbonyl (C=O) groups excluding carboxylic acids is 5. The van der Waals surface area contributed by atoms with Crippen molar-refractivity contribution in [2.45, 2.75) is 82.8 Å². The lowest BCUT2D eigenvalue weighted by Crippen LogP contribution is -2.59. The Morgan fingerprint density at radius 3 is 2.37 bits per heavy atom. The van der Waals surface area contributed by atoms with Gasteiger partial charge in [-0.3, -0.25) is 24.0 Å². The second-order valence-corrected chi connectivity index (χ2v) is 11.3. The summed E-state index contributed by atoms with van der Waals surface area (Å²) in [6.45, 7) is 3.84. The zero-order valence-corrected chi connectivity index (χ0v) is 26.2. The number of carbonyl (C=O) groups is 5. The van der Waals surface area contributed by atoms with Crippen LogP contribution in [0.15, 0.2) is 17.7 Å². The third-order valence-corrected chi connectivity index (χ3v) is 7.09. The van der Waals surface area contributed by atoms with Crippen LogP contribution >= 0.6 is 0 Å². The van der Waals surface area contributed by atoms with E-state index in [-0.39, 0.29) is 37.8 Å². The second kappa shape index (κ2) is 19.4. The minimum atomic E-state index is -1.45. The molecule has 2 rings (SSSR count). The highest BCUT2D eigenvalue weighted by Crippen LogP contribution is 2.18. The van der Waals surface area contributed by atoms with Crippen LogP contribution in [0.4, 0.5) is 0 Å². The van der Waals surface area contributed by atoms with Gasteiger partial charge in [0, 0.05) is 31.8 Å². The molecular weight excluding hydrogens is 608 g/mol. The van der Waals surface area contributed by atoms with E-state index in [0.717, 1.165) is 6.21 Å². The number of oxime groups is 1. The molecule has 46 heavy (non-hydrogen) atoms. The fraction of sp³-hybridized carbons (Fsp3) is 0.679. The molecule has 0 bridgehead atoms. The van der Waals surface area contributed by atoms with Crippen molar-refractivity contribution in [1.82, 2.24) is 36.1 Å². The highest BCUT2D eigenvalue weighted by Gasteiger charge is 2.36. The minimum absolute atomic E-state index is 0.0160. The maximum atomic E-state index is 13.5. The molecule has 258 valence electrons. The number of nitrogens with zero attached hydrogens (tertiary/aromatic N) is 3. The van der Waals surface area contributed by atoms with E-state index in [2.05, 4.69) is 36.4 Å². The van der Waals surface area contributed by atoms with Crippen LogP contribution in [0.5, 0.6) is 0 Å². The predicted octanol–water partition coefficient (Wildman–Crippen LogP) is -3.71. The number of imidazole rings is 1. The first-order chi connectivity index (χ1) is 21.9. The van der Waals surface area contributed by atoms with E-state index in [1.165, 1.54) is 24.3 Å². The van der Waals surface area contributed by atoms with E-state index < -0.39 is 73.2 Å². The number of aromatic amines is 1. The summed E-state index contributed by atoms with van der Waals surface area (Å²) in [5, 5.41) is 51.0. The highest BCUT2D eigenvalue weighted by molar-refractivity contribution is 5.95. The van der Waals surface area contributed by atoms with Crippen LogP contribution in [0.25, 0.3) is 0 Å². The fourth-order valence-corrected chi connectivity index (χ4v) is 4.66. The molecule has 9 N–H and O–H groups in total. The number of rotatable bonds is 19. The van der Waals surface area contributed by atoms with Crippen LogP contribution in [0.1, 0.15) is 45.7 Å². The van der Waals surface area contributed by atoms with E-state index >= 15 is 0 Å². The van der Waals surface area contributed by atoms with Crippen LogP contribution < -0.4 is 21.3 Å². The monoisotopic (exact) mass is 654 g/mol. The summed E-state index contributed by atoms with van der Waals surface area (Å²) in [4.78, 5) is 77.6. The first-order valence-electron chi connectivity index (χ1n) is 15.0. The zero-order valence-electron chi connectivity index (χ0n) is 26.2. The molecule has 1 fully saturated rings. The Morgan fingerprint density at radius 2 is 1.76 bits per heavy atom. The van der Waals surface area contributed by atoms with Gasteiger partial charge in [0.15, 0.2) is 0 Å². The van der Waals surface area contributed by atoms with Gasteiger partial charge in [0.25, 0.3) is 0 Å². The van der Waals surface area contributed by atoms with Crippen LogP contribution in [0, 0.1) is 5.92 Å². The summed E-state index contributed by atoms with van der Waals surface area (Å²) in [6.07, 6.45) is 2.14. The average Bonchev–Trinajstić information content (AvgIpc) is 3.72. The van der Waals surface area contributed by atoms with Crippen molar-refractivity contribution in [2.24, 2.45) is 11.1 Å². The standard InChI is InChI=1S/C28H46N8O10/c1-16(2)9-19(34-28(45)22-5-4-7-36(22)17(3)39)26(43)33-20(10-18-11-29-15-31-18)27(44)35-21(13-37)25(42)30-6-8-46-32-12-23(40)24(41)14-38/h11-12,15-16,19-24,37-38,40-41H,4-10,13-14H2,1-3H3,(H,29,31)(H,30,42)(H,33,43)(H,34,45)(H,35,44)/b32-12+/t19-,20-,21-,22-,23?,24?/m0/s1. The van der Waals surface area contributed by atoms with Crippen molar-refractivity contribution >= 4 is 35.8 Å². The van der Waals surface area contributed by atoms with Gasteiger partial charge in [-0.25, -0.2) is 4.98 Å². The third-order valence-electron chi connectivity index (χ3n) is 7.09. The highest BCUT2D eigenvalue weighted by atomic mass is 16.6. The molecule has 2 unspecified atom stereocenters. The van der Waals surface area contributed by atoms with E-state index in [4.69, 9.17) is 9.94 Å². The zero-order chi connectivity index (χ0) is 34.2. The van der Waals surface area contributed by atoms with Crippen molar-refractivity contribution in [3.05, 3.63) is 18.2 Å². The molecule has 1 aromatic rings. The summed E-state index contributed by atoms with van der Waals surface area (Å²) in [6, 6.07) is -4.35. The van der Waals surface area contributed by atoms with E-state index in [1.54, 1.807) is 0 Å².